The van der Waals surface area contributed by atoms with E-state index in [2.05, 4.69) is 6.58 Å². The average Bonchev–Trinajstić information content (AvgIpc) is 2.67. The summed E-state index contributed by atoms with van der Waals surface area (Å²) in [5.41, 5.74) is 2.99. The van der Waals surface area contributed by atoms with Crippen LogP contribution >= 0.6 is 0 Å². The summed E-state index contributed by atoms with van der Waals surface area (Å²) in [4.78, 5) is -0.133. The summed E-state index contributed by atoms with van der Waals surface area (Å²) in [6.45, 7) is 6.44. The molecule has 0 aliphatic rings. The summed E-state index contributed by atoms with van der Waals surface area (Å²) >= 11 is 0. The third-order valence-corrected chi connectivity index (χ3v) is 4.59. The van der Waals surface area contributed by atoms with Crippen LogP contribution in [0.15, 0.2) is 60.0 Å². The lowest BCUT2D eigenvalue weighted by molar-refractivity contribution is 0.00703. The van der Waals surface area contributed by atoms with Crippen LogP contribution in [0, 0.1) is 0 Å². The minimum Gasteiger partial charge on any atom is -0.377 e. The second-order valence-electron chi connectivity index (χ2n) is 5.78. The number of hydrogen-bond donors (Lipinski definition) is 1. The van der Waals surface area contributed by atoms with E-state index in [1.54, 1.807) is 18.2 Å². The van der Waals surface area contributed by atoms with E-state index >= 15 is 0 Å². The van der Waals surface area contributed by atoms with Crippen molar-refractivity contribution in [2.75, 3.05) is 26.4 Å². The maximum atomic E-state index is 11.0. The van der Waals surface area contributed by atoms with Crippen molar-refractivity contribution in [1.82, 2.24) is 0 Å². The fourth-order valence-electron chi connectivity index (χ4n) is 2.23. The van der Waals surface area contributed by atoms with Crippen molar-refractivity contribution in [2.24, 2.45) is 0 Å². The van der Waals surface area contributed by atoms with Gasteiger partial charge in [0.1, 0.15) is 0 Å². The van der Waals surface area contributed by atoms with Crippen LogP contribution in [0.25, 0.3) is 6.08 Å². The Morgan fingerprint density at radius 3 is 1.67 bits per heavy atom. The molecule has 0 heterocycles. The topological polar surface area (TPSA) is 82.1 Å². The number of rotatable bonds is 12. The van der Waals surface area contributed by atoms with Gasteiger partial charge in [0, 0.05) is 0 Å². The number of hydrogen-bond acceptors (Lipinski definition) is 5. The molecule has 1 N–H and O–H groups in total. The van der Waals surface area contributed by atoms with Crippen molar-refractivity contribution in [2.45, 2.75) is 18.1 Å². The maximum Gasteiger partial charge on any atom is 0.294 e. The summed E-state index contributed by atoms with van der Waals surface area (Å²) in [6.07, 6.45) is 1.80. The van der Waals surface area contributed by atoms with Gasteiger partial charge in [-0.3, -0.25) is 4.55 Å². The fourth-order valence-corrected chi connectivity index (χ4v) is 2.71. The largest absolute Gasteiger partial charge is 0.377 e. The Balaban J connectivity index is 1.50. The van der Waals surface area contributed by atoms with Crippen molar-refractivity contribution in [3.05, 3.63) is 71.8 Å². The molecule has 0 saturated heterocycles. The summed E-state index contributed by atoms with van der Waals surface area (Å²) in [5, 5.41) is 0. The zero-order valence-corrected chi connectivity index (χ0v) is 15.9. The third-order valence-electron chi connectivity index (χ3n) is 3.72. The first kappa shape index (κ1) is 21.3. The van der Waals surface area contributed by atoms with E-state index in [9.17, 15) is 8.42 Å². The van der Waals surface area contributed by atoms with E-state index in [4.69, 9.17) is 18.8 Å². The highest BCUT2D eigenvalue weighted by molar-refractivity contribution is 7.85. The Hall–Kier alpha value is -2.03. The van der Waals surface area contributed by atoms with Gasteiger partial charge in [-0.05, 0) is 28.8 Å². The first-order valence-corrected chi connectivity index (χ1v) is 9.94. The molecule has 0 aliphatic carbocycles. The van der Waals surface area contributed by atoms with Crippen LogP contribution in [0.1, 0.15) is 16.7 Å². The highest BCUT2D eigenvalue weighted by Gasteiger charge is 2.08. The molecule has 0 spiro atoms. The highest BCUT2D eigenvalue weighted by Crippen LogP contribution is 2.10. The molecule has 0 bridgehead atoms. The molecule has 0 amide bonds. The van der Waals surface area contributed by atoms with E-state index in [0.717, 1.165) is 16.7 Å². The van der Waals surface area contributed by atoms with Crippen molar-refractivity contribution in [1.29, 1.82) is 0 Å². The molecule has 2 aromatic rings. The Labute approximate surface area is 160 Å². The van der Waals surface area contributed by atoms with Crippen LogP contribution in [0.4, 0.5) is 0 Å². The van der Waals surface area contributed by atoms with Gasteiger partial charge in [-0.15, -0.1) is 0 Å². The van der Waals surface area contributed by atoms with Gasteiger partial charge in [0.05, 0.1) is 44.5 Å². The second-order valence-corrected chi connectivity index (χ2v) is 7.20. The molecule has 2 aromatic carbocycles. The SMILES string of the molecule is C=Cc1ccc(COCCOCCOCc2ccc(S(=O)(=O)O)cc2)cc1. The zero-order chi connectivity index (χ0) is 19.5. The van der Waals surface area contributed by atoms with E-state index in [1.165, 1.54) is 12.1 Å². The predicted octanol–water partition coefficient (Wildman–Crippen LogP) is 3.33. The molecule has 27 heavy (non-hydrogen) atoms. The third kappa shape index (κ3) is 8.03. The van der Waals surface area contributed by atoms with Crippen molar-refractivity contribution < 1.29 is 27.2 Å². The van der Waals surface area contributed by atoms with Crippen LogP contribution in [-0.4, -0.2) is 39.4 Å². The minimum atomic E-state index is -4.16. The lowest BCUT2D eigenvalue weighted by Crippen LogP contribution is -2.09. The second kappa shape index (κ2) is 11.0. The fraction of sp³-hybridized carbons (Fsp3) is 0.300. The molecule has 0 saturated carbocycles. The van der Waals surface area contributed by atoms with Gasteiger partial charge in [0.15, 0.2) is 0 Å². The van der Waals surface area contributed by atoms with E-state index in [-0.39, 0.29) is 4.90 Å². The van der Waals surface area contributed by atoms with Crippen LogP contribution in [0.5, 0.6) is 0 Å². The van der Waals surface area contributed by atoms with Gasteiger partial charge in [-0.2, -0.15) is 8.42 Å². The molecule has 0 unspecified atom stereocenters. The summed E-state index contributed by atoms with van der Waals surface area (Å²) in [6, 6.07) is 13.9. The van der Waals surface area contributed by atoms with Gasteiger partial charge in [0.25, 0.3) is 10.1 Å². The Morgan fingerprint density at radius 2 is 1.22 bits per heavy atom. The van der Waals surface area contributed by atoms with E-state index in [0.29, 0.717) is 39.6 Å². The van der Waals surface area contributed by atoms with Crippen LogP contribution in [0.3, 0.4) is 0 Å². The molecule has 7 heteroatoms. The molecule has 0 atom stereocenters. The quantitative estimate of drug-likeness (QED) is 0.441. The van der Waals surface area contributed by atoms with Crippen molar-refractivity contribution >= 4 is 16.2 Å². The van der Waals surface area contributed by atoms with Gasteiger partial charge in [0.2, 0.25) is 0 Å². The Morgan fingerprint density at radius 1 is 0.778 bits per heavy atom. The number of benzene rings is 2. The molecule has 146 valence electrons. The predicted molar refractivity (Wildman–Crippen MR) is 103 cm³/mol. The normalized spacial score (nSPS) is 11.4. The van der Waals surface area contributed by atoms with E-state index in [1.807, 2.05) is 24.3 Å². The zero-order valence-electron chi connectivity index (χ0n) is 15.0. The van der Waals surface area contributed by atoms with Crippen LogP contribution in [0.2, 0.25) is 0 Å². The van der Waals surface area contributed by atoms with Gasteiger partial charge >= 0.3 is 0 Å². The van der Waals surface area contributed by atoms with Gasteiger partial charge in [-0.25, -0.2) is 0 Å². The molecular weight excluding hydrogens is 368 g/mol. The van der Waals surface area contributed by atoms with Crippen molar-refractivity contribution in [3.63, 3.8) is 0 Å². The summed E-state index contributed by atoms with van der Waals surface area (Å²) in [5.74, 6) is 0. The molecular formula is C20H24O6S. The molecule has 0 fully saturated rings. The Bertz CT molecular complexity index is 797. The van der Waals surface area contributed by atoms with E-state index < -0.39 is 10.1 Å². The average molecular weight is 392 g/mol. The lowest BCUT2D eigenvalue weighted by Gasteiger charge is -2.07. The molecule has 0 aromatic heterocycles. The van der Waals surface area contributed by atoms with Gasteiger partial charge in [-0.1, -0.05) is 49.1 Å². The van der Waals surface area contributed by atoms with Crippen LogP contribution < -0.4 is 0 Å². The molecule has 0 radical (unpaired) electrons. The standard InChI is InChI=1S/C20H24O6S/c1-2-17-3-5-18(6-4-17)15-25-13-11-24-12-14-26-16-19-7-9-20(10-8-19)27(21,22)23/h2-10H,1,11-16H2,(H,21,22,23). The number of ether oxygens (including phenoxy) is 3. The molecule has 2 rings (SSSR count). The molecule has 6 nitrogen and oxygen atoms in total. The molecule has 0 aliphatic heterocycles. The monoisotopic (exact) mass is 392 g/mol. The Kier molecular flexibility index (Phi) is 8.63. The van der Waals surface area contributed by atoms with Gasteiger partial charge < -0.3 is 14.2 Å². The summed E-state index contributed by atoms with van der Waals surface area (Å²) < 4.78 is 47.3. The maximum absolute atomic E-state index is 11.0. The smallest absolute Gasteiger partial charge is 0.294 e. The van der Waals surface area contributed by atoms with Crippen molar-refractivity contribution in [3.8, 4) is 0 Å². The lowest BCUT2D eigenvalue weighted by atomic mass is 10.1. The summed E-state index contributed by atoms with van der Waals surface area (Å²) in [7, 11) is -4.16. The first-order valence-electron chi connectivity index (χ1n) is 8.50. The highest BCUT2D eigenvalue weighted by atomic mass is 32.2. The first-order chi connectivity index (χ1) is 13.0. The van der Waals surface area contributed by atoms with Crippen LogP contribution in [-0.2, 0) is 37.5 Å². The minimum absolute atomic E-state index is 0.133.